The largest absolute Gasteiger partial charge is 0.497 e. The molecule has 0 aliphatic carbocycles. The Kier molecular flexibility index (Phi) is 5.03. The average molecular weight is 376 g/mol. The number of carbonyl (C=O) groups excluding carboxylic acids is 1. The molecule has 138 valence electrons. The highest BCUT2D eigenvalue weighted by molar-refractivity contribution is 7.93. The molecule has 1 fully saturated rings. The van der Waals surface area contributed by atoms with Gasteiger partial charge in [-0.05, 0) is 42.8 Å². The van der Waals surface area contributed by atoms with Crippen molar-refractivity contribution in [3.8, 4) is 11.5 Å². The molecule has 0 spiro atoms. The van der Waals surface area contributed by atoms with Gasteiger partial charge in [0.2, 0.25) is 10.0 Å². The van der Waals surface area contributed by atoms with E-state index in [4.69, 9.17) is 9.47 Å². The van der Waals surface area contributed by atoms with Gasteiger partial charge in [-0.25, -0.2) is 8.42 Å². The summed E-state index contributed by atoms with van der Waals surface area (Å²) >= 11 is 0. The third-order valence-electron chi connectivity index (χ3n) is 4.14. The van der Waals surface area contributed by atoms with E-state index < -0.39 is 10.0 Å². The fourth-order valence-corrected chi connectivity index (χ4v) is 4.40. The Morgan fingerprint density at radius 2 is 1.92 bits per heavy atom. The van der Waals surface area contributed by atoms with Gasteiger partial charge in [-0.3, -0.25) is 9.10 Å². The van der Waals surface area contributed by atoms with Gasteiger partial charge in [0.1, 0.15) is 11.5 Å². The fraction of sp³-hybridized carbons (Fsp3) is 0.278. The first-order valence-corrected chi connectivity index (χ1v) is 9.69. The first-order chi connectivity index (χ1) is 12.4. The third kappa shape index (κ3) is 3.60. The molecule has 1 amide bonds. The molecule has 2 aromatic rings. The van der Waals surface area contributed by atoms with Gasteiger partial charge in [-0.15, -0.1) is 0 Å². The molecule has 3 rings (SSSR count). The van der Waals surface area contributed by atoms with Gasteiger partial charge in [0, 0.05) is 17.8 Å². The summed E-state index contributed by atoms with van der Waals surface area (Å²) < 4.78 is 36.2. The Balaban J connectivity index is 1.89. The van der Waals surface area contributed by atoms with Crippen molar-refractivity contribution in [3.05, 3.63) is 48.0 Å². The molecule has 1 aliphatic rings. The summed E-state index contributed by atoms with van der Waals surface area (Å²) in [6, 6.07) is 11.7. The molecule has 0 saturated carbocycles. The molecule has 2 aromatic carbocycles. The number of carbonyl (C=O) groups is 1. The minimum atomic E-state index is -3.36. The number of hydrogen-bond donors (Lipinski definition) is 1. The predicted octanol–water partition coefficient (Wildman–Crippen LogP) is 2.50. The molecule has 0 bridgehead atoms. The minimum absolute atomic E-state index is 0.108. The second kappa shape index (κ2) is 7.25. The number of anilines is 2. The lowest BCUT2D eigenvalue weighted by Crippen LogP contribution is -2.25. The lowest BCUT2D eigenvalue weighted by molar-refractivity contribution is 0.102. The van der Waals surface area contributed by atoms with Gasteiger partial charge in [-0.2, -0.15) is 0 Å². The number of nitrogens with one attached hydrogen (secondary N) is 1. The Labute approximate surface area is 152 Å². The fourth-order valence-electron chi connectivity index (χ4n) is 2.84. The van der Waals surface area contributed by atoms with E-state index in [9.17, 15) is 13.2 Å². The third-order valence-corrected chi connectivity index (χ3v) is 5.99. The number of methoxy groups -OCH3 is 2. The number of ether oxygens (including phenoxy) is 2. The van der Waals surface area contributed by atoms with Crippen LogP contribution in [0.5, 0.6) is 11.5 Å². The molecule has 1 saturated heterocycles. The van der Waals surface area contributed by atoms with Crippen LogP contribution in [0.2, 0.25) is 0 Å². The van der Waals surface area contributed by atoms with Crippen molar-refractivity contribution in [2.75, 3.05) is 36.1 Å². The zero-order chi connectivity index (χ0) is 18.7. The Morgan fingerprint density at radius 1 is 1.12 bits per heavy atom. The molecule has 1 aliphatic heterocycles. The van der Waals surface area contributed by atoms with Crippen molar-refractivity contribution < 1.29 is 22.7 Å². The van der Waals surface area contributed by atoms with Crippen molar-refractivity contribution in [2.45, 2.75) is 6.42 Å². The van der Waals surface area contributed by atoms with Crippen LogP contribution in [-0.2, 0) is 10.0 Å². The van der Waals surface area contributed by atoms with E-state index in [1.165, 1.54) is 18.5 Å². The SMILES string of the molecule is COc1cccc(C(=O)Nc2ccc(OC)c(N3CCCS3(=O)=O)c2)c1. The van der Waals surface area contributed by atoms with E-state index in [1.54, 1.807) is 42.5 Å². The zero-order valence-corrected chi connectivity index (χ0v) is 15.4. The number of hydrogen-bond acceptors (Lipinski definition) is 5. The number of nitrogens with zero attached hydrogens (tertiary/aromatic N) is 1. The van der Waals surface area contributed by atoms with E-state index in [0.717, 1.165) is 0 Å². The Bertz CT molecular complexity index is 927. The van der Waals surface area contributed by atoms with E-state index in [0.29, 0.717) is 41.4 Å². The standard InChI is InChI=1S/C18H20N2O5S/c1-24-15-6-3-5-13(11-15)18(21)19-14-7-8-17(25-2)16(12-14)20-9-4-10-26(20,22)23/h3,5-8,11-12H,4,9-10H2,1-2H3,(H,19,21). The number of rotatable bonds is 5. The molecule has 0 aromatic heterocycles. The maximum atomic E-state index is 12.5. The van der Waals surface area contributed by atoms with Gasteiger partial charge in [0.15, 0.2) is 0 Å². The second-order valence-electron chi connectivity index (χ2n) is 5.81. The van der Waals surface area contributed by atoms with E-state index in [-0.39, 0.29) is 11.7 Å². The first kappa shape index (κ1) is 18.1. The highest BCUT2D eigenvalue weighted by Gasteiger charge is 2.30. The van der Waals surface area contributed by atoms with Crippen LogP contribution in [0.3, 0.4) is 0 Å². The van der Waals surface area contributed by atoms with E-state index in [2.05, 4.69) is 5.32 Å². The molecule has 8 heteroatoms. The maximum Gasteiger partial charge on any atom is 0.255 e. The highest BCUT2D eigenvalue weighted by Crippen LogP contribution is 2.35. The van der Waals surface area contributed by atoms with Crippen molar-refractivity contribution >= 4 is 27.3 Å². The normalized spacial score (nSPS) is 15.5. The lowest BCUT2D eigenvalue weighted by atomic mass is 10.2. The van der Waals surface area contributed by atoms with Gasteiger partial charge in [-0.1, -0.05) is 6.07 Å². The van der Waals surface area contributed by atoms with Crippen LogP contribution in [0.15, 0.2) is 42.5 Å². The van der Waals surface area contributed by atoms with Crippen molar-refractivity contribution in [3.63, 3.8) is 0 Å². The number of benzene rings is 2. The monoisotopic (exact) mass is 376 g/mol. The summed E-state index contributed by atoms with van der Waals surface area (Å²) in [7, 11) is -0.342. The molecular formula is C18H20N2O5S. The molecule has 1 N–H and O–H groups in total. The van der Waals surface area contributed by atoms with Crippen LogP contribution in [0.4, 0.5) is 11.4 Å². The van der Waals surface area contributed by atoms with Crippen molar-refractivity contribution in [1.82, 2.24) is 0 Å². The summed E-state index contributed by atoms with van der Waals surface area (Å²) in [6.45, 7) is 0.395. The Hall–Kier alpha value is -2.74. The maximum absolute atomic E-state index is 12.5. The molecular weight excluding hydrogens is 356 g/mol. The van der Waals surface area contributed by atoms with E-state index >= 15 is 0 Å². The van der Waals surface area contributed by atoms with Gasteiger partial charge in [0.05, 0.1) is 25.7 Å². The highest BCUT2D eigenvalue weighted by atomic mass is 32.2. The van der Waals surface area contributed by atoms with Crippen LogP contribution >= 0.6 is 0 Å². The van der Waals surface area contributed by atoms with Gasteiger partial charge < -0.3 is 14.8 Å². The predicted molar refractivity (Wildman–Crippen MR) is 99.7 cm³/mol. The average Bonchev–Trinajstić information content (AvgIpc) is 3.00. The zero-order valence-electron chi connectivity index (χ0n) is 14.6. The topological polar surface area (TPSA) is 84.9 Å². The summed E-state index contributed by atoms with van der Waals surface area (Å²) in [5.41, 5.74) is 1.35. The van der Waals surface area contributed by atoms with Gasteiger partial charge >= 0.3 is 0 Å². The summed E-state index contributed by atoms with van der Waals surface area (Å²) in [5.74, 6) is 0.812. The molecule has 0 radical (unpaired) electrons. The second-order valence-corrected chi connectivity index (χ2v) is 7.83. The summed E-state index contributed by atoms with van der Waals surface area (Å²) in [5, 5.41) is 2.78. The minimum Gasteiger partial charge on any atom is -0.497 e. The molecule has 1 heterocycles. The smallest absolute Gasteiger partial charge is 0.255 e. The van der Waals surface area contributed by atoms with E-state index in [1.807, 2.05) is 0 Å². The lowest BCUT2D eigenvalue weighted by Gasteiger charge is -2.20. The molecule has 26 heavy (non-hydrogen) atoms. The van der Waals surface area contributed by atoms with Crippen molar-refractivity contribution in [2.24, 2.45) is 0 Å². The molecule has 0 atom stereocenters. The van der Waals surface area contributed by atoms with Gasteiger partial charge in [0.25, 0.3) is 5.91 Å². The Morgan fingerprint density at radius 3 is 2.58 bits per heavy atom. The molecule has 0 unspecified atom stereocenters. The van der Waals surface area contributed by atoms with Crippen molar-refractivity contribution in [1.29, 1.82) is 0 Å². The number of sulfonamides is 1. The first-order valence-electron chi connectivity index (χ1n) is 8.08. The van der Waals surface area contributed by atoms with Crippen LogP contribution in [-0.4, -0.2) is 40.8 Å². The van der Waals surface area contributed by atoms with Crippen LogP contribution < -0.4 is 19.1 Å². The quantitative estimate of drug-likeness (QED) is 0.867. The van der Waals surface area contributed by atoms with Crippen LogP contribution in [0.25, 0.3) is 0 Å². The summed E-state index contributed by atoms with van der Waals surface area (Å²) in [4.78, 5) is 12.5. The summed E-state index contributed by atoms with van der Waals surface area (Å²) in [6.07, 6.45) is 0.561. The van der Waals surface area contributed by atoms with Crippen LogP contribution in [0, 0.1) is 0 Å². The molecule has 7 nitrogen and oxygen atoms in total. The number of amides is 1. The van der Waals surface area contributed by atoms with Crippen LogP contribution in [0.1, 0.15) is 16.8 Å².